The zero-order valence-corrected chi connectivity index (χ0v) is 12.8. The van der Waals surface area contributed by atoms with E-state index in [1.807, 2.05) is 0 Å². The van der Waals surface area contributed by atoms with Gasteiger partial charge in [0.25, 0.3) is 6.92 Å². The van der Waals surface area contributed by atoms with Crippen molar-refractivity contribution in [3.8, 4) is 0 Å². The lowest BCUT2D eigenvalue weighted by atomic mass is 9.37. The molecule has 6 fully saturated rings. The molecule has 4 saturated carbocycles. The minimum Gasteiger partial charge on any atom is -0.432 e. The van der Waals surface area contributed by atoms with Gasteiger partial charge in [-0.05, 0) is 67.4 Å². The van der Waals surface area contributed by atoms with Gasteiger partial charge in [-0.25, -0.2) is 0 Å². The number of fused-ring (bicyclic) bond motifs is 2. The molecular formula is C18H29BO. The summed E-state index contributed by atoms with van der Waals surface area (Å²) in [7, 11) is 0. The molecule has 0 spiro atoms. The van der Waals surface area contributed by atoms with E-state index in [0.717, 1.165) is 35.3 Å². The molecular weight excluding hydrogens is 243 g/mol. The number of hydrogen-bond acceptors (Lipinski definition) is 1. The van der Waals surface area contributed by atoms with Crippen molar-refractivity contribution in [2.75, 3.05) is 0 Å². The predicted octanol–water partition coefficient (Wildman–Crippen LogP) is 4.93. The van der Waals surface area contributed by atoms with Crippen molar-refractivity contribution in [3.05, 3.63) is 0 Å². The summed E-state index contributed by atoms with van der Waals surface area (Å²) in [5.41, 5.74) is 0. The van der Waals surface area contributed by atoms with Gasteiger partial charge >= 0.3 is 0 Å². The predicted molar refractivity (Wildman–Crippen MR) is 82.9 cm³/mol. The first-order valence-corrected chi connectivity index (χ1v) is 9.52. The van der Waals surface area contributed by atoms with Crippen molar-refractivity contribution < 1.29 is 4.65 Å². The second-order valence-corrected chi connectivity index (χ2v) is 8.88. The van der Waals surface area contributed by atoms with E-state index in [1.165, 1.54) is 64.2 Å². The van der Waals surface area contributed by atoms with E-state index in [0.29, 0.717) is 13.0 Å². The van der Waals surface area contributed by atoms with Crippen LogP contribution in [-0.4, -0.2) is 13.0 Å². The maximum absolute atomic E-state index is 6.94. The number of hydrogen-bond donors (Lipinski definition) is 0. The highest BCUT2D eigenvalue weighted by Crippen LogP contribution is 2.56. The Morgan fingerprint density at radius 3 is 1.65 bits per heavy atom. The van der Waals surface area contributed by atoms with Crippen LogP contribution in [0, 0.1) is 23.7 Å². The van der Waals surface area contributed by atoms with Crippen LogP contribution in [0.25, 0.3) is 0 Å². The fraction of sp³-hybridized carbons (Fsp3) is 1.00. The Morgan fingerprint density at radius 2 is 1.15 bits per heavy atom. The highest BCUT2D eigenvalue weighted by atomic mass is 16.4. The van der Waals surface area contributed by atoms with Crippen molar-refractivity contribution in [1.29, 1.82) is 0 Å². The molecule has 1 nitrogen and oxygen atoms in total. The standard InChI is InChI=1S/C18H29BO/c1-3-16-5-2-6-17(4-1)19(16)20-18-14-8-12-7-13(10-14)11-15(18)9-12/h12-18H,1-11H2. The molecule has 20 heavy (non-hydrogen) atoms. The van der Waals surface area contributed by atoms with Gasteiger partial charge in [0.2, 0.25) is 0 Å². The van der Waals surface area contributed by atoms with Crippen LogP contribution in [0.4, 0.5) is 0 Å². The summed E-state index contributed by atoms with van der Waals surface area (Å²) in [6.45, 7) is 0.667. The largest absolute Gasteiger partial charge is 0.432 e. The average Bonchev–Trinajstić information content (AvgIpc) is 2.41. The van der Waals surface area contributed by atoms with E-state index in [-0.39, 0.29) is 0 Å². The minimum absolute atomic E-state index is 0.667. The molecule has 6 rings (SSSR count). The van der Waals surface area contributed by atoms with Crippen molar-refractivity contribution in [2.45, 2.75) is 88.4 Å². The summed E-state index contributed by atoms with van der Waals surface area (Å²) in [5.74, 6) is 5.94. The first-order chi connectivity index (χ1) is 9.87. The van der Waals surface area contributed by atoms with Gasteiger partial charge in [0.15, 0.2) is 0 Å². The zero-order chi connectivity index (χ0) is 13.1. The SMILES string of the molecule is C1CC2CCCC(C1)B2OC1C2CC3CC(C2)CC1C3. The normalized spacial score (nSPS) is 53.4. The van der Waals surface area contributed by atoms with Gasteiger partial charge in [0.05, 0.1) is 0 Å². The monoisotopic (exact) mass is 272 g/mol. The van der Waals surface area contributed by atoms with Gasteiger partial charge in [-0.15, -0.1) is 0 Å². The summed E-state index contributed by atoms with van der Waals surface area (Å²) < 4.78 is 6.94. The maximum Gasteiger partial charge on any atom is 0.299 e. The molecule has 0 aromatic heterocycles. The first-order valence-electron chi connectivity index (χ1n) is 9.52. The summed E-state index contributed by atoms with van der Waals surface area (Å²) in [6, 6.07) is 0. The third kappa shape index (κ3) is 1.93. The van der Waals surface area contributed by atoms with Gasteiger partial charge < -0.3 is 4.65 Å². The van der Waals surface area contributed by atoms with Crippen LogP contribution in [0.2, 0.25) is 11.6 Å². The van der Waals surface area contributed by atoms with Crippen LogP contribution < -0.4 is 0 Å². The van der Waals surface area contributed by atoms with Gasteiger partial charge in [0.1, 0.15) is 0 Å². The van der Waals surface area contributed by atoms with Crippen LogP contribution >= 0.6 is 0 Å². The summed E-state index contributed by atoms with van der Waals surface area (Å²) >= 11 is 0. The fourth-order valence-corrected chi connectivity index (χ4v) is 7.12. The van der Waals surface area contributed by atoms with Crippen molar-refractivity contribution in [3.63, 3.8) is 0 Å². The van der Waals surface area contributed by atoms with E-state index < -0.39 is 0 Å². The Bertz CT molecular complexity index is 332. The second-order valence-electron chi connectivity index (χ2n) is 8.88. The molecule has 0 amide bonds. The average molecular weight is 272 g/mol. The van der Waals surface area contributed by atoms with E-state index in [9.17, 15) is 0 Å². The van der Waals surface area contributed by atoms with Gasteiger partial charge in [-0.1, -0.05) is 38.5 Å². The van der Waals surface area contributed by atoms with Crippen molar-refractivity contribution >= 4 is 6.92 Å². The molecule has 2 heteroatoms. The lowest BCUT2D eigenvalue weighted by Crippen LogP contribution is -2.53. The smallest absolute Gasteiger partial charge is 0.299 e. The summed E-state index contributed by atoms with van der Waals surface area (Å²) in [5, 5.41) is 0. The Morgan fingerprint density at radius 1 is 0.650 bits per heavy atom. The maximum atomic E-state index is 6.94. The fourth-order valence-electron chi connectivity index (χ4n) is 7.12. The van der Waals surface area contributed by atoms with Crippen LogP contribution in [-0.2, 0) is 4.65 Å². The topological polar surface area (TPSA) is 9.23 Å². The first kappa shape index (κ1) is 12.6. The molecule has 6 bridgehead atoms. The van der Waals surface area contributed by atoms with Crippen LogP contribution in [0.5, 0.6) is 0 Å². The van der Waals surface area contributed by atoms with E-state index in [4.69, 9.17) is 4.65 Å². The Hall–Kier alpha value is 0.0249. The Labute approximate surface area is 124 Å². The molecule has 110 valence electrons. The van der Waals surface area contributed by atoms with E-state index in [1.54, 1.807) is 6.42 Å². The Balaban J connectivity index is 1.34. The third-order valence-electron chi connectivity index (χ3n) is 7.68. The van der Waals surface area contributed by atoms with Gasteiger partial charge in [-0.3, -0.25) is 0 Å². The lowest BCUT2D eigenvalue weighted by molar-refractivity contribution is -0.0836. The quantitative estimate of drug-likeness (QED) is 0.648. The molecule has 0 radical (unpaired) electrons. The molecule has 0 unspecified atom stereocenters. The molecule has 0 atom stereocenters. The molecule has 4 aliphatic carbocycles. The van der Waals surface area contributed by atoms with E-state index >= 15 is 0 Å². The van der Waals surface area contributed by atoms with Crippen LogP contribution in [0.3, 0.4) is 0 Å². The second kappa shape index (κ2) is 4.76. The molecule has 0 aromatic rings. The van der Waals surface area contributed by atoms with E-state index in [2.05, 4.69) is 0 Å². The Kier molecular flexibility index (Phi) is 2.99. The van der Waals surface area contributed by atoms with Gasteiger partial charge in [0, 0.05) is 6.10 Å². The highest BCUT2D eigenvalue weighted by Gasteiger charge is 2.51. The summed E-state index contributed by atoms with van der Waals surface area (Å²) in [4.78, 5) is 0. The molecule has 0 N–H and O–H groups in total. The zero-order valence-electron chi connectivity index (χ0n) is 12.8. The third-order valence-corrected chi connectivity index (χ3v) is 7.68. The number of rotatable bonds is 2. The van der Waals surface area contributed by atoms with Crippen LogP contribution in [0.1, 0.15) is 70.6 Å². The molecule has 0 aromatic carbocycles. The highest BCUT2D eigenvalue weighted by molar-refractivity contribution is 6.56. The molecule has 2 aliphatic heterocycles. The van der Waals surface area contributed by atoms with Crippen molar-refractivity contribution in [1.82, 2.24) is 0 Å². The van der Waals surface area contributed by atoms with Gasteiger partial charge in [-0.2, -0.15) is 0 Å². The molecule has 2 saturated heterocycles. The lowest BCUT2D eigenvalue weighted by Gasteiger charge is -2.56. The van der Waals surface area contributed by atoms with Crippen molar-refractivity contribution in [2.24, 2.45) is 23.7 Å². The van der Waals surface area contributed by atoms with Crippen LogP contribution in [0.15, 0.2) is 0 Å². The minimum atomic E-state index is 0.667. The summed E-state index contributed by atoms with van der Waals surface area (Å²) in [6.07, 6.45) is 17.1. The molecule has 2 heterocycles. The molecule has 6 aliphatic rings.